The first kappa shape index (κ1) is 18.4. The SMILES string of the molecule is CN(Cc1nn(CC(F)F)c(C#N)c1Br)C(=O)OC(C)(C)C. The van der Waals surface area contributed by atoms with Crippen LogP contribution in [0.25, 0.3) is 0 Å². The van der Waals surface area contributed by atoms with Crippen LogP contribution in [0.15, 0.2) is 4.47 Å². The van der Waals surface area contributed by atoms with Crippen molar-refractivity contribution in [3.05, 3.63) is 15.9 Å². The molecule has 0 spiro atoms. The Hall–Kier alpha value is -1.69. The zero-order valence-electron chi connectivity index (χ0n) is 12.7. The van der Waals surface area contributed by atoms with E-state index >= 15 is 0 Å². The minimum absolute atomic E-state index is 0.00658. The van der Waals surface area contributed by atoms with Crippen molar-refractivity contribution in [2.24, 2.45) is 0 Å². The molecule has 0 unspecified atom stereocenters. The van der Waals surface area contributed by atoms with Gasteiger partial charge < -0.3 is 9.64 Å². The number of alkyl halides is 2. The minimum Gasteiger partial charge on any atom is -0.444 e. The predicted molar refractivity (Wildman–Crippen MR) is 78.3 cm³/mol. The topological polar surface area (TPSA) is 71.2 Å². The highest BCUT2D eigenvalue weighted by Crippen LogP contribution is 2.23. The molecule has 0 aliphatic rings. The highest BCUT2D eigenvalue weighted by atomic mass is 79.9. The van der Waals surface area contributed by atoms with E-state index in [1.165, 1.54) is 11.9 Å². The smallest absolute Gasteiger partial charge is 0.410 e. The maximum Gasteiger partial charge on any atom is 0.410 e. The van der Waals surface area contributed by atoms with E-state index in [1.54, 1.807) is 20.8 Å². The summed E-state index contributed by atoms with van der Waals surface area (Å²) in [5, 5.41) is 13.0. The number of carbonyl (C=O) groups excluding carboxylic acids is 1. The molecule has 0 saturated carbocycles. The lowest BCUT2D eigenvalue weighted by Crippen LogP contribution is -2.34. The lowest BCUT2D eigenvalue weighted by Gasteiger charge is -2.24. The van der Waals surface area contributed by atoms with Crippen molar-refractivity contribution in [1.82, 2.24) is 14.7 Å². The number of hydrogen-bond donors (Lipinski definition) is 0. The van der Waals surface area contributed by atoms with Gasteiger partial charge in [0, 0.05) is 7.05 Å². The molecule has 0 atom stereocenters. The Morgan fingerprint density at radius 2 is 2.14 bits per heavy atom. The molecule has 0 fully saturated rings. The normalized spacial score (nSPS) is 11.4. The summed E-state index contributed by atoms with van der Waals surface area (Å²) in [6.07, 6.45) is -3.20. The summed E-state index contributed by atoms with van der Waals surface area (Å²) in [6, 6.07) is 1.82. The zero-order valence-corrected chi connectivity index (χ0v) is 14.3. The molecule has 1 aromatic heterocycles. The number of carbonyl (C=O) groups is 1. The molecule has 9 heteroatoms. The van der Waals surface area contributed by atoms with Crippen LogP contribution in [0.3, 0.4) is 0 Å². The van der Waals surface area contributed by atoms with E-state index < -0.39 is 24.7 Å². The number of hydrogen-bond acceptors (Lipinski definition) is 4. The summed E-state index contributed by atoms with van der Waals surface area (Å²) in [5.74, 6) is 0. The molecule has 1 amide bonds. The van der Waals surface area contributed by atoms with Crippen molar-refractivity contribution in [3.63, 3.8) is 0 Å². The zero-order chi connectivity index (χ0) is 17.1. The number of rotatable bonds is 4. The number of aromatic nitrogens is 2. The van der Waals surface area contributed by atoms with E-state index in [-0.39, 0.29) is 12.2 Å². The number of halogens is 3. The van der Waals surface area contributed by atoms with Crippen LogP contribution in [-0.2, 0) is 17.8 Å². The lowest BCUT2D eigenvalue weighted by molar-refractivity contribution is 0.0282. The lowest BCUT2D eigenvalue weighted by atomic mass is 10.2. The number of nitriles is 1. The molecule has 122 valence electrons. The van der Waals surface area contributed by atoms with Gasteiger partial charge in [-0.2, -0.15) is 10.4 Å². The molecule has 0 bridgehead atoms. The first-order valence-electron chi connectivity index (χ1n) is 6.42. The quantitative estimate of drug-likeness (QED) is 0.806. The van der Waals surface area contributed by atoms with Crippen molar-refractivity contribution in [3.8, 4) is 6.07 Å². The fourth-order valence-electron chi connectivity index (χ4n) is 1.59. The van der Waals surface area contributed by atoms with Crippen LogP contribution in [0.4, 0.5) is 13.6 Å². The van der Waals surface area contributed by atoms with Crippen LogP contribution >= 0.6 is 15.9 Å². The maximum absolute atomic E-state index is 12.5. The molecule has 1 heterocycles. The monoisotopic (exact) mass is 378 g/mol. The van der Waals surface area contributed by atoms with Gasteiger partial charge in [0.1, 0.15) is 18.2 Å². The van der Waals surface area contributed by atoms with Crippen LogP contribution in [-0.4, -0.2) is 39.8 Å². The number of nitrogens with zero attached hydrogens (tertiary/aromatic N) is 4. The van der Waals surface area contributed by atoms with E-state index in [0.717, 1.165) is 4.68 Å². The molecule has 0 aliphatic heterocycles. The van der Waals surface area contributed by atoms with E-state index in [1.807, 2.05) is 6.07 Å². The van der Waals surface area contributed by atoms with Gasteiger partial charge in [0.25, 0.3) is 6.43 Å². The van der Waals surface area contributed by atoms with Crippen LogP contribution < -0.4 is 0 Å². The molecule has 22 heavy (non-hydrogen) atoms. The molecule has 0 radical (unpaired) electrons. The second-order valence-electron chi connectivity index (χ2n) is 5.63. The Kier molecular flexibility index (Phi) is 5.88. The molecular formula is C13H17BrF2N4O2. The summed E-state index contributed by atoms with van der Waals surface area (Å²) in [4.78, 5) is 13.1. The molecule has 0 aromatic carbocycles. The van der Waals surface area contributed by atoms with E-state index in [9.17, 15) is 13.6 Å². The minimum atomic E-state index is -2.63. The van der Waals surface area contributed by atoms with Gasteiger partial charge in [0.05, 0.1) is 16.7 Å². The Morgan fingerprint density at radius 3 is 2.59 bits per heavy atom. The van der Waals surface area contributed by atoms with Gasteiger partial charge in [-0.05, 0) is 36.7 Å². The fraction of sp³-hybridized carbons (Fsp3) is 0.615. The van der Waals surface area contributed by atoms with Gasteiger partial charge in [-0.25, -0.2) is 18.3 Å². The molecule has 6 nitrogen and oxygen atoms in total. The molecule has 1 rings (SSSR count). The van der Waals surface area contributed by atoms with Crippen molar-refractivity contribution in [2.75, 3.05) is 7.05 Å². The number of ether oxygens (including phenoxy) is 1. The van der Waals surface area contributed by atoms with E-state index in [2.05, 4.69) is 21.0 Å². The third-order valence-electron chi connectivity index (χ3n) is 2.47. The largest absolute Gasteiger partial charge is 0.444 e. The third kappa shape index (κ3) is 4.94. The van der Waals surface area contributed by atoms with Crippen molar-refractivity contribution >= 4 is 22.0 Å². The summed E-state index contributed by atoms with van der Waals surface area (Å²) in [6.45, 7) is 4.55. The first-order chi connectivity index (χ1) is 10.0. The van der Waals surface area contributed by atoms with Crippen LogP contribution in [0.2, 0.25) is 0 Å². The summed E-state index contributed by atoms with van der Waals surface area (Å²) < 4.78 is 31.4. The van der Waals surface area contributed by atoms with Crippen LogP contribution in [0.5, 0.6) is 0 Å². The molecule has 1 aromatic rings. The van der Waals surface area contributed by atoms with Gasteiger partial charge in [-0.15, -0.1) is 0 Å². The molecule has 0 aliphatic carbocycles. The van der Waals surface area contributed by atoms with Crippen molar-refractivity contribution < 1.29 is 18.3 Å². The van der Waals surface area contributed by atoms with E-state index in [4.69, 9.17) is 10.00 Å². The van der Waals surface area contributed by atoms with Crippen LogP contribution in [0.1, 0.15) is 32.2 Å². The highest BCUT2D eigenvalue weighted by molar-refractivity contribution is 9.10. The molecular weight excluding hydrogens is 362 g/mol. The van der Waals surface area contributed by atoms with Crippen LogP contribution in [0, 0.1) is 11.3 Å². The summed E-state index contributed by atoms with van der Waals surface area (Å²) in [7, 11) is 1.50. The van der Waals surface area contributed by atoms with E-state index in [0.29, 0.717) is 10.2 Å². The predicted octanol–water partition coefficient (Wildman–Crippen LogP) is 3.15. The summed E-state index contributed by atoms with van der Waals surface area (Å²) >= 11 is 3.16. The van der Waals surface area contributed by atoms with Gasteiger partial charge in [-0.1, -0.05) is 0 Å². The molecule has 0 N–H and O–H groups in total. The van der Waals surface area contributed by atoms with Gasteiger partial charge in [-0.3, -0.25) is 0 Å². The molecule has 0 saturated heterocycles. The highest BCUT2D eigenvalue weighted by Gasteiger charge is 2.23. The average molecular weight is 379 g/mol. The second kappa shape index (κ2) is 7.05. The Bertz CT molecular complexity index is 590. The van der Waals surface area contributed by atoms with Crippen molar-refractivity contribution in [2.45, 2.75) is 45.9 Å². The number of amides is 1. The second-order valence-corrected chi connectivity index (χ2v) is 6.42. The third-order valence-corrected chi connectivity index (χ3v) is 3.30. The van der Waals surface area contributed by atoms with Gasteiger partial charge >= 0.3 is 6.09 Å². The van der Waals surface area contributed by atoms with Gasteiger partial charge in [0.2, 0.25) is 0 Å². The summed E-state index contributed by atoms with van der Waals surface area (Å²) in [5.41, 5.74) is -0.339. The average Bonchev–Trinajstić information content (AvgIpc) is 2.62. The maximum atomic E-state index is 12.5. The Balaban J connectivity index is 2.92. The Morgan fingerprint density at radius 1 is 1.55 bits per heavy atom. The Labute approximate surface area is 135 Å². The standard InChI is InChI=1S/C13H17BrF2N4O2/c1-13(2,3)22-12(21)19(4)6-8-11(14)9(5-17)20(18-8)7-10(15)16/h10H,6-7H2,1-4H3. The van der Waals surface area contributed by atoms with Gasteiger partial charge in [0.15, 0.2) is 5.69 Å². The van der Waals surface area contributed by atoms with Crippen molar-refractivity contribution in [1.29, 1.82) is 5.26 Å². The fourth-order valence-corrected chi connectivity index (χ4v) is 2.09. The first-order valence-corrected chi connectivity index (χ1v) is 7.22.